The van der Waals surface area contributed by atoms with Crippen LogP contribution < -0.4 is 10.6 Å². The number of amides is 4. The van der Waals surface area contributed by atoms with Crippen LogP contribution in [-0.4, -0.2) is 110 Å². The van der Waals surface area contributed by atoms with Crippen LogP contribution >= 0.6 is 0 Å². The highest BCUT2D eigenvalue weighted by Gasteiger charge is 2.33. The lowest BCUT2D eigenvalue weighted by Gasteiger charge is -2.23. The minimum absolute atomic E-state index is 0.0373. The summed E-state index contributed by atoms with van der Waals surface area (Å²) in [5.41, 5.74) is 0. The molecule has 0 bridgehead atoms. The summed E-state index contributed by atoms with van der Waals surface area (Å²) in [4.78, 5) is 89.7. The normalized spacial score (nSPS) is 14.3. The fourth-order valence-electron chi connectivity index (χ4n) is 2.99. The van der Waals surface area contributed by atoms with Crippen molar-refractivity contribution in [1.29, 1.82) is 0 Å². The quantitative estimate of drug-likeness (QED) is 0.134. The maximum Gasteiger partial charge on any atom is 0.407 e. The summed E-state index contributed by atoms with van der Waals surface area (Å²) in [6.07, 6.45) is -0.463. The van der Waals surface area contributed by atoms with Gasteiger partial charge in [0.15, 0.2) is 0 Å². The highest BCUT2D eigenvalue weighted by molar-refractivity contribution is 6.01. The molecule has 2 atom stereocenters. The molecule has 1 aliphatic heterocycles. The van der Waals surface area contributed by atoms with Crippen LogP contribution in [0.25, 0.3) is 0 Å². The number of rotatable bonds is 17. The van der Waals surface area contributed by atoms with Gasteiger partial charge in [-0.1, -0.05) is 13.8 Å². The molecule has 1 rings (SSSR count). The molecule has 4 amide bonds. The Hall–Kier alpha value is -3.95. The summed E-state index contributed by atoms with van der Waals surface area (Å²) in [6.45, 7) is 5.86. The van der Waals surface area contributed by atoms with Crippen LogP contribution in [-0.2, 0) is 47.8 Å². The Labute approximate surface area is 231 Å². The Bertz CT molecular complexity index is 850. The van der Waals surface area contributed by atoms with Gasteiger partial charge in [-0.25, -0.2) is 24.0 Å². The number of carbonyl (C=O) groups excluding carboxylic acids is 7. The Morgan fingerprint density at radius 3 is 1.57 bits per heavy atom. The van der Waals surface area contributed by atoms with Gasteiger partial charge in [0.1, 0.15) is 25.3 Å². The Balaban J connectivity index is 2.63. The van der Waals surface area contributed by atoms with Gasteiger partial charge >= 0.3 is 30.1 Å². The molecule has 0 spiro atoms. The van der Waals surface area contributed by atoms with Gasteiger partial charge in [0.2, 0.25) is 0 Å². The van der Waals surface area contributed by atoms with E-state index in [1.54, 1.807) is 0 Å². The first kappa shape index (κ1) is 34.1. The molecule has 226 valence electrons. The van der Waals surface area contributed by atoms with Crippen molar-refractivity contribution < 1.29 is 57.3 Å². The predicted molar refractivity (Wildman–Crippen MR) is 134 cm³/mol. The van der Waals surface area contributed by atoms with Gasteiger partial charge in [-0.05, 0) is 26.7 Å². The molecule has 2 unspecified atom stereocenters. The Morgan fingerprint density at radius 1 is 0.750 bits per heavy atom. The highest BCUT2D eigenvalue weighted by Crippen LogP contribution is 2.12. The van der Waals surface area contributed by atoms with Crippen molar-refractivity contribution >= 4 is 41.9 Å². The van der Waals surface area contributed by atoms with Crippen LogP contribution in [0, 0.1) is 0 Å². The van der Waals surface area contributed by atoms with Crippen molar-refractivity contribution in [2.24, 2.45) is 0 Å². The number of carbonyl (C=O) groups is 7. The number of esters is 2. The first-order valence-electron chi connectivity index (χ1n) is 13.0. The maximum atomic E-state index is 12.4. The molecule has 1 heterocycles. The Morgan fingerprint density at radius 2 is 1.18 bits per heavy atom. The zero-order valence-electron chi connectivity index (χ0n) is 23.2. The second kappa shape index (κ2) is 18.4. The molecule has 0 aliphatic carbocycles. The van der Waals surface area contributed by atoms with Gasteiger partial charge in [-0.3, -0.25) is 14.5 Å². The van der Waals surface area contributed by atoms with Gasteiger partial charge in [0.25, 0.3) is 11.8 Å². The summed E-state index contributed by atoms with van der Waals surface area (Å²) in [5.74, 6) is -3.75. The molecule has 0 aromatic heterocycles. The van der Waals surface area contributed by atoms with E-state index in [0.717, 1.165) is 0 Å². The third-order valence-corrected chi connectivity index (χ3v) is 5.11. The van der Waals surface area contributed by atoms with Gasteiger partial charge in [-0.15, -0.1) is 5.06 Å². The monoisotopic (exact) mass is 574 g/mol. The molecule has 1 saturated heterocycles. The van der Waals surface area contributed by atoms with E-state index in [9.17, 15) is 33.6 Å². The van der Waals surface area contributed by atoms with Gasteiger partial charge in [0.05, 0.1) is 19.8 Å². The van der Waals surface area contributed by atoms with E-state index in [2.05, 4.69) is 10.6 Å². The summed E-state index contributed by atoms with van der Waals surface area (Å²) in [6, 6.07) is -2.01. The van der Waals surface area contributed by atoms with Gasteiger partial charge < -0.3 is 34.4 Å². The fraction of sp³-hybridized carbons (Fsp3) is 0.708. The van der Waals surface area contributed by atoms with Crippen LogP contribution in [0.2, 0.25) is 0 Å². The first-order chi connectivity index (χ1) is 19.0. The van der Waals surface area contributed by atoms with Gasteiger partial charge in [-0.2, -0.15) is 0 Å². The minimum Gasteiger partial charge on any atom is -0.463 e. The SMILES string of the molecule is CCCOC(=O)NC(C)C(=O)OCCN(CCOC(=O)C(C)NC(=O)OCCC)CC(=O)ON1C(=O)CCC1=O. The topological polar surface area (TPSA) is 196 Å². The van der Waals surface area contributed by atoms with E-state index in [-0.39, 0.29) is 52.4 Å². The van der Waals surface area contributed by atoms with Crippen molar-refractivity contribution in [2.75, 3.05) is 46.1 Å². The zero-order chi connectivity index (χ0) is 30.1. The lowest BCUT2D eigenvalue weighted by atomic mass is 10.3. The lowest BCUT2D eigenvalue weighted by molar-refractivity contribution is -0.198. The molecule has 0 aromatic carbocycles. The number of nitrogens with one attached hydrogen (secondary N) is 2. The van der Waals surface area contributed by atoms with Crippen LogP contribution in [0.3, 0.4) is 0 Å². The average molecular weight is 575 g/mol. The third kappa shape index (κ3) is 13.2. The Kier molecular flexibility index (Phi) is 15.6. The number of nitrogens with zero attached hydrogens (tertiary/aromatic N) is 2. The first-order valence-corrected chi connectivity index (χ1v) is 13.0. The molecular weight excluding hydrogens is 536 g/mol. The van der Waals surface area contributed by atoms with E-state index >= 15 is 0 Å². The molecular formula is C24H38N4O12. The lowest BCUT2D eigenvalue weighted by Crippen LogP contribution is -2.43. The van der Waals surface area contributed by atoms with Crippen LogP contribution in [0.4, 0.5) is 9.59 Å². The second-order valence-electron chi connectivity index (χ2n) is 8.66. The number of hydroxylamine groups is 2. The van der Waals surface area contributed by atoms with Crippen LogP contribution in [0.15, 0.2) is 0 Å². The predicted octanol–water partition coefficient (Wildman–Crippen LogP) is 0.0314. The molecule has 2 N–H and O–H groups in total. The second-order valence-corrected chi connectivity index (χ2v) is 8.66. The largest absolute Gasteiger partial charge is 0.463 e. The standard InChI is InChI=1S/C24H38N4O12/c1-5-11-38-23(34)25-16(3)21(32)36-13-9-27(15-20(31)40-28-18(29)7-8-19(28)30)10-14-37-22(33)17(4)26-24(35)39-12-6-2/h16-17H,5-15H2,1-4H3,(H,25,34)(H,26,35). The molecule has 16 nitrogen and oxygen atoms in total. The molecule has 1 aliphatic rings. The average Bonchev–Trinajstić information content (AvgIpc) is 3.22. The number of hydrogen-bond acceptors (Lipinski definition) is 13. The maximum absolute atomic E-state index is 12.4. The molecule has 16 heteroatoms. The third-order valence-electron chi connectivity index (χ3n) is 5.11. The molecule has 0 radical (unpaired) electrons. The van der Waals surface area contributed by atoms with Crippen molar-refractivity contribution in [3.63, 3.8) is 0 Å². The minimum atomic E-state index is -1.01. The summed E-state index contributed by atoms with van der Waals surface area (Å²) < 4.78 is 20.0. The molecule has 40 heavy (non-hydrogen) atoms. The molecule has 1 fully saturated rings. The van der Waals surface area contributed by atoms with Gasteiger partial charge in [0, 0.05) is 25.9 Å². The van der Waals surface area contributed by atoms with Crippen molar-refractivity contribution in [3.05, 3.63) is 0 Å². The summed E-state index contributed by atoms with van der Waals surface area (Å²) >= 11 is 0. The van der Waals surface area contributed by atoms with E-state index in [1.807, 2.05) is 13.8 Å². The van der Waals surface area contributed by atoms with Crippen molar-refractivity contribution in [1.82, 2.24) is 20.6 Å². The smallest absolute Gasteiger partial charge is 0.407 e. The van der Waals surface area contributed by atoms with Crippen LogP contribution in [0.5, 0.6) is 0 Å². The number of hydrogen-bond donors (Lipinski definition) is 2. The molecule has 0 saturated carbocycles. The zero-order valence-corrected chi connectivity index (χ0v) is 23.2. The highest BCUT2D eigenvalue weighted by atomic mass is 16.7. The molecule has 0 aromatic rings. The van der Waals surface area contributed by atoms with Crippen molar-refractivity contribution in [2.45, 2.75) is 65.5 Å². The fourth-order valence-corrected chi connectivity index (χ4v) is 2.99. The number of imide groups is 1. The summed E-state index contributed by atoms with van der Waals surface area (Å²) in [7, 11) is 0. The van der Waals surface area contributed by atoms with E-state index in [4.69, 9.17) is 23.8 Å². The van der Waals surface area contributed by atoms with Crippen LogP contribution in [0.1, 0.15) is 53.4 Å². The number of alkyl carbamates (subject to hydrolysis) is 2. The van der Waals surface area contributed by atoms with E-state index in [0.29, 0.717) is 17.9 Å². The van der Waals surface area contributed by atoms with Crippen molar-refractivity contribution in [3.8, 4) is 0 Å². The van der Waals surface area contributed by atoms with E-state index in [1.165, 1.54) is 18.7 Å². The number of ether oxygens (including phenoxy) is 4. The summed E-state index contributed by atoms with van der Waals surface area (Å²) in [5, 5.41) is 5.05. The van der Waals surface area contributed by atoms with E-state index < -0.39 is 60.5 Å².